The van der Waals surface area contributed by atoms with Gasteiger partial charge >= 0.3 is 0 Å². The number of rotatable bonds is 3. The Balaban J connectivity index is 2.01. The predicted molar refractivity (Wildman–Crippen MR) is 70.1 cm³/mol. The van der Waals surface area contributed by atoms with E-state index < -0.39 is 0 Å². The molecule has 1 aliphatic carbocycles. The van der Waals surface area contributed by atoms with Crippen LogP contribution in [0.25, 0.3) is 5.57 Å². The van der Waals surface area contributed by atoms with Crippen LogP contribution in [-0.2, 0) is 4.79 Å². The molecule has 2 nitrogen and oxygen atoms in total. The second-order valence-electron chi connectivity index (χ2n) is 4.16. The first-order valence-electron chi connectivity index (χ1n) is 5.77. The molecule has 0 saturated carbocycles. The van der Waals surface area contributed by atoms with Gasteiger partial charge in [-0.15, -0.1) is 0 Å². The Kier molecular flexibility index (Phi) is 3.76. The molecule has 1 N–H and O–H groups in total. The highest BCUT2D eigenvalue weighted by Crippen LogP contribution is 2.27. The van der Waals surface area contributed by atoms with E-state index in [9.17, 15) is 4.79 Å². The van der Waals surface area contributed by atoms with Crippen LogP contribution in [0.3, 0.4) is 0 Å². The Morgan fingerprint density at radius 3 is 2.76 bits per heavy atom. The van der Waals surface area contributed by atoms with Crippen LogP contribution in [0.2, 0.25) is 0 Å². The molecule has 0 fully saturated rings. The van der Waals surface area contributed by atoms with Gasteiger partial charge in [-0.25, -0.2) is 0 Å². The van der Waals surface area contributed by atoms with Gasteiger partial charge in [0.15, 0.2) is 0 Å². The molecule has 17 heavy (non-hydrogen) atoms. The van der Waals surface area contributed by atoms with Crippen LogP contribution < -0.4 is 5.32 Å². The highest BCUT2D eigenvalue weighted by atomic mass is 16.1. The van der Waals surface area contributed by atoms with Gasteiger partial charge in [-0.05, 0) is 17.6 Å². The summed E-state index contributed by atoms with van der Waals surface area (Å²) in [5, 5.41) is 2.83. The minimum atomic E-state index is 0.0155. The molecule has 0 atom stereocenters. The van der Waals surface area contributed by atoms with E-state index in [1.54, 1.807) is 6.92 Å². The molecule has 0 heterocycles. The van der Waals surface area contributed by atoms with Crippen LogP contribution in [0.15, 0.2) is 48.6 Å². The summed E-state index contributed by atoms with van der Waals surface area (Å²) in [4.78, 5) is 10.9. The topological polar surface area (TPSA) is 29.1 Å². The van der Waals surface area contributed by atoms with E-state index in [1.165, 1.54) is 17.1 Å². The number of carbonyl (C=O) groups is 1. The first-order chi connectivity index (χ1) is 8.25. The molecular weight excluding hydrogens is 210 g/mol. The number of hydrogen-bond acceptors (Lipinski definition) is 1. The summed E-state index contributed by atoms with van der Waals surface area (Å²) in [5.74, 6) is 1.25. The van der Waals surface area contributed by atoms with E-state index in [0.717, 1.165) is 6.42 Å². The Bertz CT molecular complexity index is 445. The monoisotopic (exact) mass is 226 g/mol. The molecule has 87 valence electrons. The molecule has 0 saturated heterocycles. The van der Waals surface area contributed by atoms with Gasteiger partial charge in [0.05, 0.1) is 0 Å². The third-order valence-corrected chi connectivity index (χ3v) is 2.76. The van der Waals surface area contributed by atoms with Crippen LogP contribution in [0.4, 0.5) is 0 Å². The van der Waals surface area contributed by atoms with Crippen molar-refractivity contribution in [3.05, 3.63) is 60.0 Å². The summed E-state index contributed by atoms with van der Waals surface area (Å²) >= 11 is 0. The molecule has 1 aliphatic rings. The van der Waals surface area contributed by atoms with E-state index in [0.29, 0.717) is 6.54 Å². The lowest BCUT2D eigenvalue weighted by molar-refractivity contribution is -0.118. The molecule has 1 aromatic rings. The summed E-state index contributed by atoms with van der Waals surface area (Å²) in [6.45, 7) is 2.18. The summed E-state index contributed by atoms with van der Waals surface area (Å²) < 4.78 is 0. The lowest BCUT2D eigenvalue weighted by Gasteiger charge is -2.18. The number of nitrogens with one attached hydrogen (secondary N) is 1. The smallest absolute Gasteiger partial charge is 0.216 e. The number of benzene rings is 1. The lowest BCUT2D eigenvalue weighted by Crippen LogP contribution is -2.25. The molecule has 0 aromatic heterocycles. The highest BCUT2D eigenvalue weighted by molar-refractivity contribution is 5.74. The largest absolute Gasteiger partial charge is 0.355 e. The van der Waals surface area contributed by atoms with E-state index in [2.05, 4.69) is 29.6 Å². The van der Waals surface area contributed by atoms with Gasteiger partial charge in [0, 0.05) is 19.4 Å². The van der Waals surface area contributed by atoms with Crippen molar-refractivity contribution < 1.29 is 4.79 Å². The maximum Gasteiger partial charge on any atom is 0.216 e. The van der Waals surface area contributed by atoms with Gasteiger partial charge < -0.3 is 5.32 Å². The third-order valence-electron chi connectivity index (χ3n) is 2.76. The van der Waals surface area contributed by atoms with E-state index in [1.807, 2.05) is 24.3 Å². The van der Waals surface area contributed by atoms with Crippen molar-refractivity contribution in [2.24, 2.45) is 0 Å². The van der Waals surface area contributed by atoms with Gasteiger partial charge in [-0.3, -0.25) is 4.79 Å². The van der Waals surface area contributed by atoms with E-state index >= 15 is 0 Å². The van der Waals surface area contributed by atoms with Gasteiger partial charge in [0.25, 0.3) is 0 Å². The van der Waals surface area contributed by atoms with Crippen molar-refractivity contribution in [1.82, 2.24) is 5.32 Å². The molecular formula is C15H16NO. The fourth-order valence-corrected chi connectivity index (χ4v) is 1.87. The molecule has 1 amide bonds. The van der Waals surface area contributed by atoms with Crippen molar-refractivity contribution >= 4 is 11.5 Å². The Labute approximate surface area is 102 Å². The van der Waals surface area contributed by atoms with Crippen molar-refractivity contribution in [2.75, 3.05) is 6.54 Å². The Morgan fingerprint density at radius 2 is 2.06 bits per heavy atom. The van der Waals surface area contributed by atoms with Crippen molar-refractivity contribution in [3.63, 3.8) is 0 Å². The zero-order valence-corrected chi connectivity index (χ0v) is 9.94. The fourth-order valence-electron chi connectivity index (χ4n) is 1.87. The number of amides is 1. The highest BCUT2D eigenvalue weighted by Gasteiger charge is 2.13. The summed E-state index contributed by atoms with van der Waals surface area (Å²) in [6, 6.07) is 10.3. The fraction of sp³-hybridized carbons (Fsp3) is 0.200. The molecule has 0 bridgehead atoms. The molecule has 2 heteroatoms. The Hall–Kier alpha value is -1.83. The van der Waals surface area contributed by atoms with Crippen LogP contribution in [0.1, 0.15) is 18.9 Å². The quantitative estimate of drug-likeness (QED) is 0.843. The second kappa shape index (κ2) is 5.48. The molecule has 1 aromatic carbocycles. The van der Waals surface area contributed by atoms with Crippen molar-refractivity contribution in [3.8, 4) is 0 Å². The summed E-state index contributed by atoms with van der Waals surface area (Å²) in [6.07, 6.45) is 7.15. The maximum atomic E-state index is 10.9. The maximum absolute atomic E-state index is 10.9. The number of allylic oxidation sites excluding steroid dienone is 3. The third kappa shape index (κ3) is 3.31. The van der Waals surface area contributed by atoms with Crippen LogP contribution in [0, 0.1) is 5.92 Å². The minimum absolute atomic E-state index is 0.0155. The average Bonchev–Trinajstić information content (AvgIpc) is 2.38. The molecule has 0 spiro atoms. The molecule has 0 unspecified atom stereocenters. The molecule has 1 radical (unpaired) electrons. The van der Waals surface area contributed by atoms with Crippen LogP contribution in [-0.4, -0.2) is 12.5 Å². The minimum Gasteiger partial charge on any atom is -0.355 e. The first kappa shape index (κ1) is 11.6. The van der Waals surface area contributed by atoms with Crippen LogP contribution >= 0.6 is 0 Å². The molecule has 2 rings (SSSR count). The predicted octanol–water partition coefficient (Wildman–Crippen LogP) is 2.74. The average molecular weight is 226 g/mol. The van der Waals surface area contributed by atoms with Crippen LogP contribution in [0.5, 0.6) is 0 Å². The van der Waals surface area contributed by atoms with Gasteiger partial charge in [0.2, 0.25) is 5.91 Å². The molecule has 0 aliphatic heterocycles. The lowest BCUT2D eigenvalue weighted by atomic mass is 9.90. The number of carbonyl (C=O) groups excluding carboxylic acids is 1. The standard InChI is InChI=1S/C15H16NO/c1-12(17)16-11-13-6-5-9-15(10-13)14-7-3-2-4-8-14/h2-9H,10-11H2,1H3,(H,16,17). The van der Waals surface area contributed by atoms with Gasteiger partial charge in [-0.1, -0.05) is 48.6 Å². The first-order valence-corrected chi connectivity index (χ1v) is 5.77. The number of hydrogen-bond donors (Lipinski definition) is 1. The zero-order chi connectivity index (χ0) is 12.1. The Morgan fingerprint density at radius 1 is 1.29 bits per heavy atom. The van der Waals surface area contributed by atoms with Crippen molar-refractivity contribution in [2.45, 2.75) is 13.3 Å². The SMILES string of the molecule is CC(=O)NC[C]1C=CC=C(c2ccccc2)C1. The zero-order valence-electron chi connectivity index (χ0n) is 9.94. The normalized spacial score (nSPS) is 15.5. The van der Waals surface area contributed by atoms with Crippen molar-refractivity contribution in [1.29, 1.82) is 0 Å². The summed E-state index contributed by atoms with van der Waals surface area (Å²) in [7, 11) is 0. The van der Waals surface area contributed by atoms with E-state index in [-0.39, 0.29) is 5.91 Å². The van der Waals surface area contributed by atoms with Gasteiger partial charge in [-0.2, -0.15) is 0 Å². The second-order valence-corrected chi connectivity index (χ2v) is 4.16. The van der Waals surface area contributed by atoms with E-state index in [4.69, 9.17) is 0 Å². The summed E-state index contributed by atoms with van der Waals surface area (Å²) in [5.41, 5.74) is 2.55. The van der Waals surface area contributed by atoms with Gasteiger partial charge in [0.1, 0.15) is 0 Å².